The smallest absolute Gasteiger partial charge is 0.0297 e. The molecule has 0 amide bonds. The quantitative estimate of drug-likeness (QED) is 0.355. The zero-order valence-electron chi connectivity index (χ0n) is 18.5. The van der Waals surface area contributed by atoms with Crippen LogP contribution < -0.4 is 0 Å². The molecule has 0 aliphatic heterocycles. The molecule has 0 aromatic rings. The van der Waals surface area contributed by atoms with Crippen molar-refractivity contribution in [3.8, 4) is 0 Å². The molecule has 1 aliphatic rings. The van der Waals surface area contributed by atoms with Gasteiger partial charge in [-0.1, -0.05) is 81.6 Å². The second-order valence-electron chi connectivity index (χ2n) is 10.8. The van der Waals surface area contributed by atoms with Crippen molar-refractivity contribution in [3.63, 3.8) is 0 Å². The van der Waals surface area contributed by atoms with Crippen molar-refractivity contribution in [2.24, 2.45) is 40.4 Å². The standard InChI is InChI=1S/C24H48/c1-10-12-20(15-18(3)4)16-19(5)23(6,7)14-13-22-17-21(11-2)24(22,8)9/h18-22H,10-17H2,1-9H3. The van der Waals surface area contributed by atoms with Crippen LogP contribution in [0.4, 0.5) is 0 Å². The summed E-state index contributed by atoms with van der Waals surface area (Å²) in [4.78, 5) is 0. The average Bonchev–Trinajstić information content (AvgIpc) is 2.45. The van der Waals surface area contributed by atoms with Gasteiger partial charge >= 0.3 is 0 Å². The second kappa shape index (κ2) is 9.09. The Kier molecular flexibility index (Phi) is 8.35. The Morgan fingerprint density at radius 3 is 2.08 bits per heavy atom. The van der Waals surface area contributed by atoms with Crippen LogP contribution >= 0.6 is 0 Å². The Labute approximate surface area is 154 Å². The van der Waals surface area contributed by atoms with E-state index in [1.165, 1.54) is 51.4 Å². The van der Waals surface area contributed by atoms with Gasteiger partial charge in [-0.3, -0.25) is 0 Å². The summed E-state index contributed by atoms with van der Waals surface area (Å²) in [5.41, 5.74) is 1.09. The fourth-order valence-electron chi connectivity index (χ4n) is 5.32. The molecule has 144 valence electrons. The lowest BCUT2D eigenvalue weighted by Crippen LogP contribution is -2.45. The van der Waals surface area contributed by atoms with Crippen LogP contribution in [-0.2, 0) is 0 Å². The van der Waals surface area contributed by atoms with E-state index in [1.807, 2.05) is 0 Å². The fourth-order valence-corrected chi connectivity index (χ4v) is 5.32. The molecule has 0 heterocycles. The third-order valence-corrected chi connectivity index (χ3v) is 7.83. The molecule has 1 aliphatic carbocycles. The Bertz CT molecular complexity index is 349. The van der Waals surface area contributed by atoms with E-state index in [2.05, 4.69) is 62.3 Å². The zero-order chi connectivity index (χ0) is 18.5. The zero-order valence-corrected chi connectivity index (χ0v) is 18.5. The molecule has 0 nitrogen and oxygen atoms in total. The maximum absolute atomic E-state index is 2.54. The summed E-state index contributed by atoms with van der Waals surface area (Å²) in [5.74, 6) is 4.57. The molecule has 4 atom stereocenters. The van der Waals surface area contributed by atoms with Crippen molar-refractivity contribution < 1.29 is 0 Å². The van der Waals surface area contributed by atoms with E-state index in [4.69, 9.17) is 0 Å². The van der Waals surface area contributed by atoms with Gasteiger partial charge in [-0.25, -0.2) is 0 Å². The molecule has 0 spiro atoms. The summed E-state index contributed by atoms with van der Waals surface area (Å²) >= 11 is 0. The highest BCUT2D eigenvalue weighted by Crippen LogP contribution is 2.55. The maximum atomic E-state index is 2.54. The molecule has 1 saturated carbocycles. The lowest BCUT2D eigenvalue weighted by molar-refractivity contribution is -0.0362. The van der Waals surface area contributed by atoms with Gasteiger partial charge in [-0.15, -0.1) is 0 Å². The Morgan fingerprint density at radius 2 is 1.62 bits per heavy atom. The summed E-state index contributed by atoms with van der Waals surface area (Å²) in [6.45, 7) is 22.2. The van der Waals surface area contributed by atoms with Crippen LogP contribution in [0.25, 0.3) is 0 Å². The molecule has 0 bridgehead atoms. The predicted molar refractivity (Wildman–Crippen MR) is 110 cm³/mol. The molecule has 1 rings (SSSR count). The van der Waals surface area contributed by atoms with Crippen LogP contribution in [0.5, 0.6) is 0 Å². The molecular formula is C24H48. The molecular weight excluding hydrogens is 288 g/mol. The number of rotatable bonds is 11. The molecule has 0 aromatic carbocycles. The van der Waals surface area contributed by atoms with Crippen molar-refractivity contribution >= 4 is 0 Å². The first-order valence-corrected chi connectivity index (χ1v) is 11.0. The van der Waals surface area contributed by atoms with E-state index < -0.39 is 0 Å². The van der Waals surface area contributed by atoms with E-state index in [0.29, 0.717) is 10.8 Å². The van der Waals surface area contributed by atoms with Gasteiger partial charge in [0.1, 0.15) is 0 Å². The van der Waals surface area contributed by atoms with Crippen LogP contribution in [0, 0.1) is 40.4 Å². The Hall–Kier alpha value is 0. The molecule has 0 radical (unpaired) electrons. The minimum atomic E-state index is 0.496. The van der Waals surface area contributed by atoms with E-state index >= 15 is 0 Å². The van der Waals surface area contributed by atoms with E-state index in [1.54, 1.807) is 0 Å². The minimum Gasteiger partial charge on any atom is -0.0654 e. The highest BCUT2D eigenvalue weighted by atomic mass is 14.5. The lowest BCUT2D eigenvalue weighted by atomic mass is 9.52. The Morgan fingerprint density at radius 1 is 1.00 bits per heavy atom. The van der Waals surface area contributed by atoms with Crippen LogP contribution in [-0.4, -0.2) is 0 Å². The highest BCUT2D eigenvalue weighted by Gasteiger charge is 2.46. The van der Waals surface area contributed by atoms with Crippen LogP contribution in [0.3, 0.4) is 0 Å². The van der Waals surface area contributed by atoms with Gasteiger partial charge in [0.05, 0.1) is 0 Å². The molecule has 1 fully saturated rings. The van der Waals surface area contributed by atoms with E-state index in [0.717, 1.165) is 29.6 Å². The van der Waals surface area contributed by atoms with Crippen molar-refractivity contribution in [3.05, 3.63) is 0 Å². The van der Waals surface area contributed by atoms with Gasteiger partial charge in [-0.2, -0.15) is 0 Å². The second-order valence-corrected chi connectivity index (χ2v) is 10.8. The number of hydrogen-bond acceptors (Lipinski definition) is 0. The minimum absolute atomic E-state index is 0.496. The predicted octanol–water partition coefficient (Wildman–Crippen LogP) is 8.35. The molecule has 0 heteroatoms. The topological polar surface area (TPSA) is 0 Å². The highest BCUT2D eigenvalue weighted by molar-refractivity contribution is 4.96. The molecule has 0 aromatic heterocycles. The van der Waals surface area contributed by atoms with Crippen LogP contribution in [0.2, 0.25) is 0 Å². The van der Waals surface area contributed by atoms with Gasteiger partial charge in [0.2, 0.25) is 0 Å². The fraction of sp³-hybridized carbons (Fsp3) is 1.00. The first-order chi connectivity index (χ1) is 11.0. The first kappa shape index (κ1) is 22.0. The van der Waals surface area contributed by atoms with Crippen LogP contribution in [0.15, 0.2) is 0 Å². The van der Waals surface area contributed by atoms with Crippen molar-refractivity contribution in [1.82, 2.24) is 0 Å². The third-order valence-electron chi connectivity index (χ3n) is 7.83. The first-order valence-electron chi connectivity index (χ1n) is 11.0. The summed E-state index contributed by atoms with van der Waals surface area (Å²) in [6, 6.07) is 0. The largest absolute Gasteiger partial charge is 0.0654 e. The van der Waals surface area contributed by atoms with Crippen LogP contribution in [0.1, 0.15) is 114 Å². The SMILES string of the molecule is CCCC(CC(C)C)CC(C)C(C)(C)CCC1CC(CC)C1(C)C. The average molecular weight is 337 g/mol. The summed E-state index contributed by atoms with van der Waals surface area (Å²) < 4.78 is 0. The summed E-state index contributed by atoms with van der Waals surface area (Å²) in [5, 5.41) is 0. The van der Waals surface area contributed by atoms with Gasteiger partial charge in [0, 0.05) is 0 Å². The normalized spacial score (nSPS) is 26.2. The van der Waals surface area contributed by atoms with E-state index in [-0.39, 0.29) is 0 Å². The van der Waals surface area contributed by atoms with E-state index in [9.17, 15) is 0 Å². The van der Waals surface area contributed by atoms with Crippen molar-refractivity contribution in [2.75, 3.05) is 0 Å². The monoisotopic (exact) mass is 336 g/mol. The third kappa shape index (κ3) is 5.77. The van der Waals surface area contributed by atoms with Gasteiger partial charge in [0.25, 0.3) is 0 Å². The molecule has 4 unspecified atom stereocenters. The van der Waals surface area contributed by atoms with Gasteiger partial charge in [0.15, 0.2) is 0 Å². The molecule has 0 saturated heterocycles. The molecule has 0 N–H and O–H groups in total. The Balaban J connectivity index is 2.51. The summed E-state index contributed by atoms with van der Waals surface area (Å²) in [7, 11) is 0. The van der Waals surface area contributed by atoms with Gasteiger partial charge in [-0.05, 0) is 72.5 Å². The maximum Gasteiger partial charge on any atom is -0.0297 e. The lowest BCUT2D eigenvalue weighted by Gasteiger charge is -2.53. The van der Waals surface area contributed by atoms with Crippen molar-refractivity contribution in [2.45, 2.75) is 114 Å². The molecule has 24 heavy (non-hydrogen) atoms. The summed E-state index contributed by atoms with van der Waals surface area (Å²) in [6.07, 6.45) is 11.3. The van der Waals surface area contributed by atoms with Gasteiger partial charge < -0.3 is 0 Å². The van der Waals surface area contributed by atoms with Crippen molar-refractivity contribution in [1.29, 1.82) is 0 Å². The number of hydrogen-bond donors (Lipinski definition) is 0.